The van der Waals surface area contributed by atoms with Crippen molar-refractivity contribution >= 4 is 26.8 Å². The molecule has 0 aliphatic heterocycles. The van der Waals surface area contributed by atoms with Gasteiger partial charge in [0.1, 0.15) is 0 Å². The quantitative estimate of drug-likeness (QED) is 0.735. The molecule has 62 valence electrons. The molecule has 0 fully saturated rings. The molecule has 0 unspecified atom stereocenters. The molecule has 1 aromatic heterocycles. The van der Waals surface area contributed by atoms with Crippen LogP contribution >= 0.6 is 15.9 Å². The smallest absolute Gasteiger partial charge is 0.181 e. The highest BCUT2D eigenvalue weighted by atomic mass is 79.9. The predicted molar refractivity (Wildman–Crippen MR) is 48.5 cm³/mol. The molecule has 2 aromatic rings. The van der Waals surface area contributed by atoms with Gasteiger partial charge in [0.2, 0.25) is 0 Å². The molecule has 0 bridgehead atoms. The molecule has 12 heavy (non-hydrogen) atoms. The van der Waals surface area contributed by atoms with Crippen LogP contribution in [-0.2, 0) is 6.80 Å². The van der Waals surface area contributed by atoms with Gasteiger partial charge in [-0.25, -0.2) is 9.07 Å². The second-order valence-corrected chi connectivity index (χ2v) is 3.41. The Hall–Kier alpha value is -0.900. The summed E-state index contributed by atoms with van der Waals surface area (Å²) < 4.78 is 14.4. The number of halogens is 2. The Kier molecular flexibility index (Phi) is 1.84. The zero-order chi connectivity index (χ0) is 8.55. The molecule has 0 N–H and O–H groups in total. The second-order valence-electron chi connectivity index (χ2n) is 2.49. The van der Waals surface area contributed by atoms with Gasteiger partial charge in [-0.1, -0.05) is 15.9 Å². The molecule has 0 spiro atoms. The minimum Gasteiger partial charge on any atom is -0.241 e. The largest absolute Gasteiger partial charge is 0.241 e. The van der Waals surface area contributed by atoms with E-state index < -0.39 is 6.80 Å². The van der Waals surface area contributed by atoms with E-state index in [2.05, 4.69) is 21.0 Å². The number of nitrogens with zero attached hydrogens (tertiary/aromatic N) is 2. The molecule has 0 saturated heterocycles. The SMILES string of the molecule is FCn1cc2cc(Br)ccc2n1. The molecular formula is C8H6BrFN2. The van der Waals surface area contributed by atoms with Crippen molar-refractivity contribution in [3.63, 3.8) is 0 Å². The molecule has 0 saturated carbocycles. The maximum Gasteiger partial charge on any atom is 0.181 e. The van der Waals surface area contributed by atoms with Gasteiger partial charge >= 0.3 is 0 Å². The van der Waals surface area contributed by atoms with Crippen molar-refractivity contribution in [2.45, 2.75) is 6.80 Å². The van der Waals surface area contributed by atoms with Crippen LogP contribution in [-0.4, -0.2) is 9.78 Å². The van der Waals surface area contributed by atoms with E-state index in [-0.39, 0.29) is 0 Å². The second kappa shape index (κ2) is 2.86. The molecule has 4 heteroatoms. The van der Waals surface area contributed by atoms with Crippen LogP contribution in [0.1, 0.15) is 0 Å². The first kappa shape index (κ1) is 7.73. The highest BCUT2D eigenvalue weighted by Gasteiger charge is 1.99. The molecule has 1 aromatic carbocycles. The van der Waals surface area contributed by atoms with Crippen LogP contribution in [0.2, 0.25) is 0 Å². The Morgan fingerprint density at radius 2 is 2.33 bits per heavy atom. The van der Waals surface area contributed by atoms with Crippen LogP contribution in [0.4, 0.5) is 4.39 Å². The summed E-state index contributed by atoms with van der Waals surface area (Å²) >= 11 is 3.33. The lowest BCUT2D eigenvalue weighted by molar-refractivity contribution is 0.351. The van der Waals surface area contributed by atoms with E-state index in [1.165, 1.54) is 4.68 Å². The molecule has 0 aliphatic carbocycles. The predicted octanol–water partition coefficient (Wildman–Crippen LogP) is 2.73. The first-order valence-corrected chi connectivity index (χ1v) is 4.27. The molecule has 2 nitrogen and oxygen atoms in total. The molecule has 0 aliphatic rings. The van der Waals surface area contributed by atoms with Crippen molar-refractivity contribution in [3.05, 3.63) is 28.9 Å². The van der Waals surface area contributed by atoms with E-state index in [0.717, 1.165) is 15.4 Å². The van der Waals surface area contributed by atoms with Gasteiger partial charge in [-0.2, -0.15) is 5.10 Å². The van der Waals surface area contributed by atoms with Crippen molar-refractivity contribution in [2.24, 2.45) is 0 Å². The van der Waals surface area contributed by atoms with Crippen molar-refractivity contribution in [2.75, 3.05) is 0 Å². The highest BCUT2D eigenvalue weighted by Crippen LogP contribution is 2.18. The molecule has 2 rings (SSSR count). The minimum atomic E-state index is -0.577. The molecule has 0 atom stereocenters. The molecule has 0 amide bonds. The Bertz CT molecular complexity index is 410. The van der Waals surface area contributed by atoms with E-state index in [1.54, 1.807) is 6.20 Å². The van der Waals surface area contributed by atoms with Gasteiger partial charge in [0.15, 0.2) is 6.80 Å². The van der Waals surface area contributed by atoms with Crippen LogP contribution in [0, 0.1) is 0 Å². The van der Waals surface area contributed by atoms with E-state index in [1.807, 2.05) is 18.2 Å². The molecule has 1 heterocycles. The third kappa shape index (κ3) is 1.22. The lowest BCUT2D eigenvalue weighted by Crippen LogP contribution is -1.90. The fourth-order valence-electron chi connectivity index (χ4n) is 1.11. The van der Waals surface area contributed by atoms with Gasteiger partial charge in [0.05, 0.1) is 5.52 Å². The molecule has 0 radical (unpaired) electrons. The summed E-state index contributed by atoms with van der Waals surface area (Å²) in [5, 5.41) is 4.94. The van der Waals surface area contributed by atoms with Gasteiger partial charge in [-0.15, -0.1) is 0 Å². The first-order valence-electron chi connectivity index (χ1n) is 3.48. The van der Waals surface area contributed by atoms with Crippen LogP contribution in [0.25, 0.3) is 10.9 Å². The van der Waals surface area contributed by atoms with Gasteiger partial charge in [-0.3, -0.25) is 0 Å². The Morgan fingerprint density at radius 1 is 1.50 bits per heavy atom. The summed E-state index contributed by atoms with van der Waals surface area (Å²) in [5.41, 5.74) is 0.816. The zero-order valence-corrected chi connectivity index (χ0v) is 7.75. The Morgan fingerprint density at radius 3 is 3.08 bits per heavy atom. The number of benzene rings is 1. The summed E-state index contributed by atoms with van der Waals surface area (Å²) in [7, 11) is 0. The zero-order valence-electron chi connectivity index (χ0n) is 6.17. The van der Waals surface area contributed by atoms with Crippen molar-refractivity contribution < 1.29 is 4.39 Å². The monoisotopic (exact) mass is 228 g/mol. The van der Waals surface area contributed by atoms with Crippen LogP contribution in [0.3, 0.4) is 0 Å². The Balaban J connectivity index is 2.67. The van der Waals surface area contributed by atoms with E-state index in [9.17, 15) is 4.39 Å². The number of alkyl halides is 1. The fourth-order valence-corrected chi connectivity index (χ4v) is 1.49. The van der Waals surface area contributed by atoms with Gasteiger partial charge in [0.25, 0.3) is 0 Å². The third-order valence-corrected chi connectivity index (χ3v) is 2.13. The summed E-state index contributed by atoms with van der Waals surface area (Å²) in [6.07, 6.45) is 1.68. The van der Waals surface area contributed by atoms with Crippen LogP contribution in [0.5, 0.6) is 0 Å². The van der Waals surface area contributed by atoms with E-state index in [0.29, 0.717) is 0 Å². The number of aromatic nitrogens is 2. The third-order valence-electron chi connectivity index (χ3n) is 1.64. The van der Waals surface area contributed by atoms with Gasteiger partial charge in [-0.05, 0) is 18.2 Å². The maximum atomic E-state index is 12.2. The lowest BCUT2D eigenvalue weighted by Gasteiger charge is -1.86. The van der Waals surface area contributed by atoms with E-state index >= 15 is 0 Å². The highest BCUT2D eigenvalue weighted by molar-refractivity contribution is 9.10. The van der Waals surface area contributed by atoms with E-state index in [4.69, 9.17) is 0 Å². The van der Waals surface area contributed by atoms with Crippen molar-refractivity contribution in [3.8, 4) is 0 Å². The minimum absolute atomic E-state index is 0.577. The first-order chi connectivity index (χ1) is 5.79. The lowest BCUT2D eigenvalue weighted by atomic mass is 10.3. The van der Waals surface area contributed by atoms with Gasteiger partial charge in [0, 0.05) is 16.1 Å². The summed E-state index contributed by atoms with van der Waals surface area (Å²) in [4.78, 5) is 0. The topological polar surface area (TPSA) is 17.8 Å². The summed E-state index contributed by atoms with van der Waals surface area (Å²) in [5.74, 6) is 0. The fraction of sp³-hybridized carbons (Fsp3) is 0.125. The standard InChI is InChI=1S/C8H6BrFN2/c9-7-1-2-8-6(3-7)4-12(5-10)11-8/h1-4H,5H2. The summed E-state index contributed by atoms with van der Waals surface area (Å²) in [6, 6.07) is 5.65. The number of rotatable bonds is 1. The number of fused-ring (bicyclic) bond motifs is 1. The average molecular weight is 229 g/mol. The summed E-state index contributed by atoms with van der Waals surface area (Å²) in [6.45, 7) is -0.577. The average Bonchev–Trinajstić information content (AvgIpc) is 2.46. The van der Waals surface area contributed by atoms with Crippen LogP contribution < -0.4 is 0 Å². The normalized spacial score (nSPS) is 10.8. The molecular weight excluding hydrogens is 223 g/mol. The van der Waals surface area contributed by atoms with Crippen molar-refractivity contribution in [1.29, 1.82) is 0 Å². The van der Waals surface area contributed by atoms with Crippen molar-refractivity contribution in [1.82, 2.24) is 9.78 Å². The van der Waals surface area contributed by atoms with Gasteiger partial charge < -0.3 is 0 Å². The maximum absolute atomic E-state index is 12.2. The van der Waals surface area contributed by atoms with Crippen LogP contribution in [0.15, 0.2) is 28.9 Å². The number of hydrogen-bond acceptors (Lipinski definition) is 1. The number of hydrogen-bond donors (Lipinski definition) is 0. The Labute approximate surface area is 77.1 Å².